The second-order valence-electron chi connectivity index (χ2n) is 6.15. The first-order valence-electron chi connectivity index (χ1n) is 8.59. The molecule has 0 bridgehead atoms. The molecule has 0 aliphatic carbocycles. The van der Waals surface area contributed by atoms with Crippen LogP contribution in [0.15, 0.2) is 51.7 Å². The lowest BCUT2D eigenvalue weighted by atomic mass is 10.0. The van der Waals surface area contributed by atoms with Gasteiger partial charge in [0.25, 0.3) is 0 Å². The maximum absolute atomic E-state index is 11.9. The number of methoxy groups -OCH3 is 1. The van der Waals surface area contributed by atoms with Crippen molar-refractivity contribution in [2.45, 2.75) is 20.4 Å². The topological polar surface area (TPSA) is 60.7 Å². The van der Waals surface area contributed by atoms with E-state index in [1.54, 1.807) is 13.2 Å². The molecule has 2 aromatic carbocycles. The molecule has 5 nitrogen and oxygen atoms in total. The molecule has 0 amide bonds. The maximum Gasteiger partial charge on any atom is 0.336 e. The van der Waals surface area contributed by atoms with Gasteiger partial charge in [-0.15, -0.1) is 0 Å². The highest BCUT2D eigenvalue weighted by molar-refractivity contribution is 5.83. The van der Waals surface area contributed by atoms with Crippen LogP contribution in [0.4, 0.5) is 0 Å². The lowest BCUT2D eigenvalue weighted by molar-refractivity contribution is 0.292. The highest BCUT2D eigenvalue weighted by Gasteiger charge is 2.09. The molecular weight excluding hydrogens is 330 g/mol. The van der Waals surface area contributed by atoms with Gasteiger partial charge in [-0.05, 0) is 42.7 Å². The van der Waals surface area contributed by atoms with Gasteiger partial charge in [0.15, 0.2) is 11.5 Å². The van der Waals surface area contributed by atoms with Crippen molar-refractivity contribution in [3.8, 4) is 11.5 Å². The van der Waals surface area contributed by atoms with Crippen molar-refractivity contribution < 1.29 is 13.9 Å². The third-order valence-electron chi connectivity index (χ3n) is 4.44. The smallest absolute Gasteiger partial charge is 0.336 e. The summed E-state index contributed by atoms with van der Waals surface area (Å²) in [7, 11) is 1.62. The first-order valence-corrected chi connectivity index (χ1v) is 8.59. The van der Waals surface area contributed by atoms with Gasteiger partial charge >= 0.3 is 5.63 Å². The normalized spacial score (nSPS) is 10.9. The van der Waals surface area contributed by atoms with E-state index in [1.165, 1.54) is 0 Å². The summed E-state index contributed by atoms with van der Waals surface area (Å²) < 4.78 is 16.4. The number of hydrogen-bond donors (Lipinski definition) is 1. The lowest BCUT2D eigenvalue weighted by Gasteiger charge is -2.12. The molecule has 3 rings (SSSR count). The molecule has 136 valence electrons. The number of aryl methyl sites for hydroxylation is 2. The minimum Gasteiger partial charge on any atom is -0.493 e. The molecule has 5 heteroatoms. The molecule has 0 aliphatic rings. The van der Waals surface area contributed by atoms with Crippen LogP contribution in [0, 0.1) is 13.8 Å². The highest BCUT2D eigenvalue weighted by Crippen LogP contribution is 2.25. The van der Waals surface area contributed by atoms with E-state index in [-0.39, 0.29) is 5.63 Å². The first-order chi connectivity index (χ1) is 12.6. The summed E-state index contributed by atoms with van der Waals surface area (Å²) in [5.41, 5.74) is 3.38. The lowest BCUT2D eigenvalue weighted by Crippen LogP contribution is -2.21. The molecule has 1 aromatic heterocycles. The zero-order valence-electron chi connectivity index (χ0n) is 15.3. The second-order valence-corrected chi connectivity index (χ2v) is 6.15. The minimum atomic E-state index is -0.326. The molecule has 0 unspecified atom stereocenters. The van der Waals surface area contributed by atoms with E-state index in [1.807, 2.05) is 50.2 Å². The molecule has 3 aromatic rings. The van der Waals surface area contributed by atoms with Gasteiger partial charge in [0.2, 0.25) is 0 Å². The largest absolute Gasteiger partial charge is 0.493 e. The summed E-state index contributed by atoms with van der Waals surface area (Å²) in [6.07, 6.45) is 0. The number of para-hydroxylation sites is 2. The summed E-state index contributed by atoms with van der Waals surface area (Å²) in [6, 6.07) is 13.1. The van der Waals surface area contributed by atoms with Crippen LogP contribution < -0.4 is 20.4 Å². The van der Waals surface area contributed by atoms with Crippen LogP contribution >= 0.6 is 0 Å². The average Bonchev–Trinajstić information content (AvgIpc) is 2.65. The van der Waals surface area contributed by atoms with Crippen LogP contribution in [0.3, 0.4) is 0 Å². The van der Waals surface area contributed by atoms with Crippen LogP contribution in [0.2, 0.25) is 0 Å². The van der Waals surface area contributed by atoms with Gasteiger partial charge in [0, 0.05) is 24.5 Å². The van der Waals surface area contributed by atoms with E-state index in [4.69, 9.17) is 13.9 Å². The van der Waals surface area contributed by atoms with E-state index in [2.05, 4.69) is 5.32 Å². The Morgan fingerprint density at radius 3 is 2.62 bits per heavy atom. The number of fused-ring (bicyclic) bond motifs is 1. The fourth-order valence-electron chi connectivity index (χ4n) is 2.87. The van der Waals surface area contributed by atoms with Crippen molar-refractivity contribution >= 4 is 11.0 Å². The molecule has 26 heavy (non-hydrogen) atoms. The van der Waals surface area contributed by atoms with Crippen molar-refractivity contribution in [2.75, 3.05) is 20.3 Å². The Balaban J connectivity index is 1.63. The monoisotopic (exact) mass is 353 g/mol. The number of rotatable bonds is 7. The Morgan fingerprint density at radius 1 is 1.08 bits per heavy atom. The predicted octanol–water partition coefficient (Wildman–Crippen LogP) is 3.59. The van der Waals surface area contributed by atoms with E-state index in [9.17, 15) is 4.79 Å². The second kappa shape index (κ2) is 8.06. The summed E-state index contributed by atoms with van der Waals surface area (Å²) in [6.45, 7) is 5.69. The number of ether oxygens (including phenoxy) is 2. The van der Waals surface area contributed by atoms with Gasteiger partial charge in [-0.2, -0.15) is 0 Å². The van der Waals surface area contributed by atoms with Gasteiger partial charge in [0.1, 0.15) is 12.2 Å². The van der Waals surface area contributed by atoms with E-state index in [0.29, 0.717) is 36.8 Å². The Morgan fingerprint density at radius 2 is 1.85 bits per heavy atom. The SMILES string of the molecule is COc1ccccc1OCCNCc1cc(=O)oc2c(C)c(C)ccc12. The van der Waals surface area contributed by atoms with Crippen molar-refractivity contribution in [3.05, 3.63) is 69.6 Å². The summed E-state index contributed by atoms with van der Waals surface area (Å²) in [5.74, 6) is 1.43. The van der Waals surface area contributed by atoms with Gasteiger partial charge in [0.05, 0.1) is 7.11 Å². The Hall–Kier alpha value is -2.79. The zero-order valence-corrected chi connectivity index (χ0v) is 15.3. The fraction of sp³-hybridized carbons (Fsp3) is 0.286. The van der Waals surface area contributed by atoms with Crippen molar-refractivity contribution in [2.24, 2.45) is 0 Å². The molecule has 0 radical (unpaired) electrons. The third-order valence-corrected chi connectivity index (χ3v) is 4.44. The third kappa shape index (κ3) is 3.89. The number of hydrogen-bond acceptors (Lipinski definition) is 5. The minimum absolute atomic E-state index is 0.326. The first kappa shape index (κ1) is 18.0. The summed E-state index contributed by atoms with van der Waals surface area (Å²) in [4.78, 5) is 11.9. The van der Waals surface area contributed by atoms with Crippen LogP contribution in [-0.4, -0.2) is 20.3 Å². The average molecular weight is 353 g/mol. The summed E-state index contributed by atoms with van der Waals surface area (Å²) >= 11 is 0. The number of nitrogens with one attached hydrogen (secondary N) is 1. The molecule has 0 saturated heterocycles. The van der Waals surface area contributed by atoms with Crippen molar-refractivity contribution in [1.29, 1.82) is 0 Å². The van der Waals surface area contributed by atoms with E-state index in [0.717, 1.165) is 22.1 Å². The highest BCUT2D eigenvalue weighted by atomic mass is 16.5. The van der Waals surface area contributed by atoms with E-state index < -0.39 is 0 Å². The fourth-order valence-corrected chi connectivity index (χ4v) is 2.87. The van der Waals surface area contributed by atoms with Crippen molar-refractivity contribution in [1.82, 2.24) is 5.32 Å². The molecule has 0 fully saturated rings. The Bertz CT molecular complexity index is 962. The van der Waals surface area contributed by atoms with Gasteiger partial charge in [-0.25, -0.2) is 4.79 Å². The molecule has 0 spiro atoms. The van der Waals surface area contributed by atoms with Gasteiger partial charge in [-0.1, -0.05) is 24.3 Å². The molecular formula is C21H23NO4. The van der Waals surface area contributed by atoms with Crippen LogP contribution in [-0.2, 0) is 6.54 Å². The molecule has 0 aliphatic heterocycles. The Kier molecular flexibility index (Phi) is 5.58. The van der Waals surface area contributed by atoms with Crippen molar-refractivity contribution in [3.63, 3.8) is 0 Å². The molecule has 1 heterocycles. The van der Waals surface area contributed by atoms with Crippen LogP contribution in [0.5, 0.6) is 11.5 Å². The molecule has 0 saturated carbocycles. The van der Waals surface area contributed by atoms with Gasteiger partial charge < -0.3 is 19.2 Å². The van der Waals surface area contributed by atoms with Gasteiger partial charge in [-0.3, -0.25) is 0 Å². The quantitative estimate of drug-likeness (QED) is 0.520. The zero-order chi connectivity index (χ0) is 18.5. The predicted molar refractivity (Wildman–Crippen MR) is 102 cm³/mol. The molecule has 0 atom stereocenters. The Labute approximate surface area is 152 Å². The molecule has 1 N–H and O–H groups in total. The standard InChI is InChI=1S/C21H23NO4/c1-14-8-9-17-16(12-20(23)26-21(17)15(14)2)13-22-10-11-25-19-7-5-4-6-18(19)24-3/h4-9,12,22H,10-11,13H2,1-3H3. The number of benzene rings is 2. The van der Waals surface area contributed by atoms with Crippen LogP contribution in [0.1, 0.15) is 16.7 Å². The van der Waals surface area contributed by atoms with Crippen LogP contribution in [0.25, 0.3) is 11.0 Å². The maximum atomic E-state index is 11.9. The summed E-state index contributed by atoms with van der Waals surface area (Å²) in [5, 5.41) is 4.28. The van der Waals surface area contributed by atoms with E-state index >= 15 is 0 Å².